The first-order chi connectivity index (χ1) is 11.3. The van der Waals surface area contributed by atoms with Gasteiger partial charge in [-0.15, -0.1) is 0 Å². The van der Waals surface area contributed by atoms with Crippen LogP contribution in [0.15, 0.2) is 22.8 Å². The molecule has 6 rings (SSSR count). The Labute approximate surface area is 137 Å². The number of rotatable bonds is 4. The van der Waals surface area contributed by atoms with Crippen molar-refractivity contribution in [1.82, 2.24) is 10.6 Å². The minimum atomic E-state index is -0.0726. The fourth-order valence-corrected chi connectivity index (χ4v) is 5.96. The molecule has 1 amide bonds. The Balaban J connectivity index is 1.21. The van der Waals surface area contributed by atoms with Gasteiger partial charge in [0.25, 0.3) is 5.91 Å². The van der Waals surface area contributed by atoms with Gasteiger partial charge in [-0.1, -0.05) is 0 Å². The van der Waals surface area contributed by atoms with Gasteiger partial charge < -0.3 is 15.1 Å². The number of furan rings is 1. The van der Waals surface area contributed by atoms with Gasteiger partial charge in [0, 0.05) is 18.1 Å². The van der Waals surface area contributed by atoms with Gasteiger partial charge >= 0.3 is 0 Å². The molecule has 4 nitrogen and oxygen atoms in total. The lowest BCUT2D eigenvalue weighted by Gasteiger charge is -2.56. The lowest BCUT2D eigenvalue weighted by Crippen LogP contribution is -2.64. The van der Waals surface area contributed by atoms with E-state index in [9.17, 15) is 4.79 Å². The average molecular weight is 314 g/mol. The maximum absolute atomic E-state index is 12.2. The average Bonchev–Trinajstić information content (AvgIpc) is 3.04. The molecule has 0 unspecified atom stereocenters. The van der Waals surface area contributed by atoms with Crippen LogP contribution in [0.3, 0.4) is 0 Å². The molecule has 4 heteroatoms. The van der Waals surface area contributed by atoms with Crippen LogP contribution < -0.4 is 10.6 Å². The number of carbonyl (C=O) groups excluding carboxylic acids is 1. The Hall–Kier alpha value is -1.29. The van der Waals surface area contributed by atoms with Crippen molar-refractivity contribution < 1.29 is 9.21 Å². The molecule has 124 valence electrons. The Morgan fingerprint density at radius 1 is 1.00 bits per heavy atom. The van der Waals surface area contributed by atoms with Gasteiger partial charge in [0.15, 0.2) is 5.76 Å². The summed E-state index contributed by atoms with van der Waals surface area (Å²) in [5.74, 6) is 4.18. The van der Waals surface area contributed by atoms with Crippen LogP contribution in [0, 0.1) is 23.7 Å². The maximum Gasteiger partial charge on any atom is 0.287 e. The highest BCUT2D eigenvalue weighted by molar-refractivity contribution is 5.91. The molecular weight excluding hydrogens is 288 g/mol. The topological polar surface area (TPSA) is 54.3 Å². The lowest BCUT2D eigenvalue weighted by atomic mass is 9.54. The molecule has 5 fully saturated rings. The monoisotopic (exact) mass is 314 g/mol. The zero-order chi connectivity index (χ0) is 15.4. The van der Waals surface area contributed by atoms with Gasteiger partial charge in [0.2, 0.25) is 0 Å². The lowest BCUT2D eigenvalue weighted by molar-refractivity contribution is -0.0237. The Morgan fingerprint density at radius 3 is 2.26 bits per heavy atom. The van der Waals surface area contributed by atoms with E-state index >= 15 is 0 Å². The SMILES string of the molecule is O=C(N[C@H]1CC[C@H]1NC1C2CC3CC(C2)CC1C3)c1ccco1. The highest BCUT2D eigenvalue weighted by atomic mass is 16.3. The third kappa shape index (κ3) is 2.42. The van der Waals surface area contributed by atoms with E-state index in [1.165, 1.54) is 38.5 Å². The number of hydrogen-bond donors (Lipinski definition) is 2. The van der Waals surface area contributed by atoms with Gasteiger partial charge in [-0.25, -0.2) is 0 Å². The first-order valence-electron chi connectivity index (χ1n) is 9.36. The van der Waals surface area contributed by atoms with Crippen molar-refractivity contribution in [3.8, 4) is 0 Å². The maximum atomic E-state index is 12.2. The molecule has 23 heavy (non-hydrogen) atoms. The number of amides is 1. The Kier molecular flexibility index (Phi) is 3.29. The van der Waals surface area contributed by atoms with Gasteiger partial charge in [-0.3, -0.25) is 4.79 Å². The van der Waals surface area contributed by atoms with E-state index in [2.05, 4.69) is 10.6 Å². The van der Waals surface area contributed by atoms with Crippen molar-refractivity contribution in [2.24, 2.45) is 23.7 Å². The Morgan fingerprint density at radius 2 is 1.70 bits per heavy atom. The summed E-state index contributed by atoms with van der Waals surface area (Å²) < 4.78 is 5.19. The molecule has 5 aliphatic carbocycles. The highest BCUT2D eigenvalue weighted by Crippen LogP contribution is 2.54. The normalized spacial score (nSPS) is 44.1. The molecule has 0 aromatic carbocycles. The van der Waals surface area contributed by atoms with Gasteiger partial charge in [-0.05, 0) is 80.8 Å². The summed E-state index contributed by atoms with van der Waals surface area (Å²) in [6.45, 7) is 0. The van der Waals surface area contributed by atoms with Gasteiger partial charge in [-0.2, -0.15) is 0 Å². The largest absolute Gasteiger partial charge is 0.459 e. The highest BCUT2D eigenvalue weighted by Gasteiger charge is 2.49. The van der Waals surface area contributed by atoms with E-state index in [0.717, 1.165) is 30.1 Å². The fourth-order valence-electron chi connectivity index (χ4n) is 5.96. The summed E-state index contributed by atoms with van der Waals surface area (Å²) >= 11 is 0. The first kappa shape index (κ1) is 14.1. The van der Waals surface area contributed by atoms with E-state index in [1.807, 2.05) is 0 Å². The third-order valence-electron chi connectivity index (χ3n) is 6.97. The van der Waals surface area contributed by atoms with Crippen LogP contribution in [0.2, 0.25) is 0 Å². The van der Waals surface area contributed by atoms with Crippen LogP contribution in [-0.2, 0) is 0 Å². The minimum absolute atomic E-state index is 0.0726. The standard InChI is InChI=1S/C19H26N2O2/c22-19(17-2-1-5-23-17)21-16-4-3-15(16)20-18-13-7-11-6-12(9-13)10-14(18)8-11/h1-2,5,11-16,18,20H,3-4,6-10H2,(H,21,22)/t11?,12?,13?,14?,15-,16+,18?/m1/s1. The molecule has 1 aromatic rings. The molecule has 1 heterocycles. The van der Waals surface area contributed by atoms with E-state index < -0.39 is 0 Å². The van der Waals surface area contributed by atoms with Crippen molar-refractivity contribution in [3.05, 3.63) is 24.2 Å². The number of hydrogen-bond acceptors (Lipinski definition) is 3. The van der Waals surface area contributed by atoms with Crippen molar-refractivity contribution >= 4 is 5.91 Å². The predicted octanol–water partition coefficient (Wildman–Crippen LogP) is 2.95. The van der Waals surface area contributed by atoms with Gasteiger partial charge in [0.05, 0.1) is 6.26 Å². The summed E-state index contributed by atoms with van der Waals surface area (Å²) in [5, 5.41) is 7.10. The van der Waals surface area contributed by atoms with Crippen LogP contribution in [0.25, 0.3) is 0 Å². The van der Waals surface area contributed by atoms with Crippen molar-refractivity contribution in [2.45, 2.75) is 63.1 Å². The van der Waals surface area contributed by atoms with Crippen LogP contribution in [0.4, 0.5) is 0 Å². The zero-order valence-electron chi connectivity index (χ0n) is 13.5. The summed E-state index contributed by atoms with van der Waals surface area (Å²) in [6, 6.07) is 4.92. The molecule has 5 saturated carbocycles. The summed E-state index contributed by atoms with van der Waals surface area (Å²) in [4.78, 5) is 12.2. The molecule has 2 N–H and O–H groups in total. The molecule has 0 spiro atoms. The second kappa shape index (κ2) is 5.37. The van der Waals surface area contributed by atoms with E-state index in [4.69, 9.17) is 4.42 Å². The predicted molar refractivity (Wildman–Crippen MR) is 87.0 cm³/mol. The van der Waals surface area contributed by atoms with E-state index in [1.54, 1.807) is 18.4 Å². The summed E-state index contributed by atoms with van der Waals surface area (Å²) in [6.07, 6.45) is 11.1. The first-order valence-corrected chi connectivity index (χ1v) is 9.36. The molecule has 5 aliphatic rings. The molecule has 0 radical (unpaired) electrons. The van der Waals surface area contributed by atoms with E-state index in [-0.39, 0.29) is 11.9 Å². The van der Waals surface area contributed by atoms with E-state index in [0.29, 0.717) is 17.8 Å². The quantitative estimate of drug-likeness (QED) is 0.898. The second-order valence-electron chi connectivity index (χ2n) is 8.36. The van der Waals surface area contributed by atoms with Crippen molar-refractivity contribution in [1.29, 1.82) is 0 Å². The Bertz CT molecular complexity index is 554. The fraction of sp³-hybridized carbons (Fsp3) is 0.737. The van der Waals surface area contributed by atoms with Crippen molar-refractivity contribution in [2.75, 3.05) is 0 Å². The third-order valence-corrected chi connectivity index (χ3v) is 6.97. The smallest absolute Gasteiger partial charge is 0.287 e. The van der Waals surface area contributed by atoms with Crippen LogP contribution in [0.1, 0.15) is 55.5 Å². The summed E-state index contributed by atoms with van der Waals surface area (Å²) in [5.41, 5.74) is 0. The van der Waals surface area contributed by atoms with Gasteiger partial charge in [0.1, 0.15) is 0 Å². The van der Waals surface area contributed by atoms with Crippen LogP contribution in [-0.4, -0.2) is 24.0 Å². The van der Waals surface area contributed by atoms with Crippen LogP contribution in [0.5, 0.6) is 0 Å². The second-order valence-corrected chi connectivity index (χ2v) is 8.36. The molecular formula is C19H26N2O2. The molecule has 0 aliphatic heterocycles. The van der Waals surface area contributed by atoms with Crippen molar-refractivity contribution in [3.63, 3.8) is 0 Å². The molecule has 2 atom stereocenters. The number of carbonyl (C=O) groups is 1. The zero-order valence-corrected chi connectivity index (χ0v) is 13.5. The minimum Gasteiger partial charge on any atom is -0.459 e. The molecule has 0 saturated heterocycles. The summed E-state index contributed by atoms with van der Waals surface area (Å²) in [7, 11) is 0. The molecule has 1 aromatic heterocycles. The van der Waals surface area contributed by atoms with Crippen LogP contribution >= 0.6 is 0 Å². The number of nitrogens with one attached hydrogen (secondary N) is 2. The molecule has 4 bridgehead atoms.